The minimum atomic E-state index is -0.649. The van der Waals surface area contributed by atoms with Crippen molar-refractivity contribution in [2.45, 2.75) is 32.6 Å². The number of rotatable bonds is 4. The lowest BCUT2D eigenvalue weighted by atomic mass is 9.83. The first-order chi connectivity index (χ1) is 9.45. The van der Waals surface area contributed by atoms with E-state index in [9.17, 15) is 4.79 Å². The van der Waals surface area contributed by atoms with E-state index < -0.39 is 5.41 Å². The zero-order valence-electron chi connectivity index (χ0n) is 12.0. The Bertz CT molecular complexity index is 599. The highest BCUT2D eigenvalue weighted by atomic mass is 16.2. The third-order valence-electron chi connectivity index (χ3n) is 3.54. The average molecular weight is 272 g/mol. The summed E-state index contributed by atoms with van der Waals surface area (Å²) in [4.78, 5) is 12.5. The van der Waals surface area contributed by atoms with Gasteiger partial charge < -0.3 is 11.1 Å². The maximum absolute atomic E-state index is 12.5. The predicted molar refractivity (Wildman–Crippen MR) is 80.5 cm³/mol. The van der Waals surface area contributed by atoms with Gasteiger partial charge in [-0.05, 0) is 38.0 Å². The lowest BCUT2D eigenvalue weighted by molar-refractivity contribution is -0.120. The van der Waals surface area contributed by atoms with Crippen LogP contribution in [-0.2, 0) is 16.6 Å². The summed E-state index contributed by atoms with van der Waals surface area (Å²) in [5, 5.41) is 9.68. The van der Waals surface area contributed by atoms with Crippen LogP contribution >= 0.6 is 0 Å². The average Bonchev–Trinajstić information content (AvgIpc) is 2.86. The van der Waals surface area contributed by atoms with Crippen molar-refractivity contribution >= 4 is 17.4 Å². The van der Waals surface area contributed by atoms with E-state index in [0.29, 0.717) is 11.5 Å². The Balaban J connectivity index is 2.21. The Kier molecular flexibility index (Phi) is 3.79. The summed E-state index contributed by atoms with van der Waals surface area (Å²) in [5.41, 5.74) is 7.63. The molecular weight excluding hydrogens is 252 g/mol. The molecule has 0 fully saturated rings. The van der Waals surface area contributed by atoms with Gasteiger partial charge in [0.05, 0.1) is 11.6 Å². The molecule has 5 heteroatoms. The molecule has 0 saturated carbocycles. The number of nitrogens with two attached hydrogens (primary N) is 1. The van der Waals surface area contributed by atoms with Crippen LogP contribution in [0.5, 0.6) is 0 Å². The highest BCUT2D eigenvalue weighted by Crippen LogP contribution is 2.26. The minimum absolute atomic E-state index is 0.0822. The molecule has 0 radical (unpaired) electrons. The van der Waals surface area contributed by atoms with Crippen molar-refractivity contribution in [3.05, 3.63) is 41.6 Å². The molecule has 106 valence electrons. The second-order valence-electron chi connectivity index (χ2n) is 5.32. The molecule has 1 aromatic carbocycles. The van der Waals surface area contributed by atoms with Crippen molar-refractivity contribution in [1.29, 1.82) is 0 Å². The molecule has 0 saturated heterocycles. The number of nitrogen functional groups attached to an aromatic ring is 1. The molecule has 2 aromatic rings. The summed E-state index contributed by atoms with van der Waals surface area (Å²) in [5.74, 6) is 0.585. The Morgan fingerprint density at radius 1 is 1.35 bits per heavy atom. The molecule has 1 aromatic heterocycles. The van der Waals surface area contributed by atoms with Gasteiger partial charge >= 0.3 is 0 Å². The second kappa shape index (κ2) is 5.36. The third-order valence-corrected chi connectivity index (χ3v) is 3.54. The molecule has 2 rings (SSSR count). The number of H-pyrrole nitrogens is 1. The summed E-state index contributed by atoms with van der Waals surface area (Å²) in [6.07, 6.45) is 2.54. The molecular formula is C15H20N4O. The summed E-state index contributed by atoms with van der Waals surface area (Å²) in [6.45, 7) is 5.79. The lowest BCUT2D eigenvalue weighted by Crippen LogP contribution is -2.35. The highest BCUT2D eigenvalue weighted by molar-refractivity contribution is 5.98. The molecule has 0 aliphatic carbocycles. The number of nitrogens with one attached hydrogen (secondary N) is 2. The van der Waals surface area contributed by atoms with Gasteiger partial charge in [0.2, 0.25) is 5.91 Å². The number of aryl methyl sites for hydroxylation is 1. The van der Waals surface area contributed by atoms with Crippen LogP contribution in [0.3, 0.4) is 0 Å². The molecule has 0 aliphatic rings. The number of aromatic amines is 1. The monoisotopic (exact) mass is 272 g/mol. The number of carbonyl (C=O) groups is 1. The third kappa shape index (κ3) is 2.66. The van der Waals surface area contributed by atoms with Gasteiger partial charge in [-0.1, -0.05) is 19.1 Å². The number of benzene rings is 1. The van der Waals surface area contributed by atoms with Crippen LogP contribution in [0.4, 0.5) is 11.5 Å². The molecule has 0 atom stereocenters. The van der Waals surface area contributed by atoms with Crippen molar-refractivity contribution in [2.75, 3.05) is 11.1 Å². The predicted octanol–water partition coefficient (Wildman–Crippen LogP) is 2.47. The highest BCUT2D eigenvalue weighted by Gasteiger charge is 2.30. The first-order valence-corrected chi connectivity index (χ1v) is 6.65. The van der Waals surface area contributed by atoms with Gasteiger partial charge in [0.1, 0.15) is 5.82 Å². The zero-order valence-corrected chi connectivity index (χ0v) is 12.0. The van der Waals surface area contributed by atoms with Crippen molar-refractivity contribution in [3.63, 3.8) is 0 Å². The topological polar surface area (TPSA) is 83.8 Å². The molecule has 1 amide bonds. The van der Waals surface area contributed by atoms with Crippen molar-refractivity contribution < 1.29 is 4.79 Å². The number of aromatic nitrogens is 2. The standard InChI is InChI=1S/C15H20N4O/c1-4-10-9-17-19-13(10)18-14(20)15(2,3)11-5-7-12(16)8-6-11/h5-9H,4,16H2,1-3H3,(H2,17,18,19,20). The summed E-state index contributed by atoms with van der Waals surface area (Å²) in [7, 11) is 0. The summed E-state index contributed by atoms with van der Waals surface area (Å²) in [6, 6.07) is 7.36. The van der Waals surface area contributed by atoms with Crippen LogP contribution in [0, 0.1) is 0 Å². The minimum Gasteiger partial charge on any atom is -0.399 e. The van der Waals surface area contributed by atoms with Gasteiger partial charge in [0.25, 0.3) is 0 Å². The van der Waals surface area contributed by atoms with E-state index >= 15 is 0 Å². The van der Waals surface area contributed by atoms with E-state index in [0.717, 1.165) is 17.5 Å². The van der Waals surface area contributed by atoms with Crippen LogP contribution in [0.1, 0.15) is 31.9 Å². The fourth-order valence-corrected chi connectivity index (χ4v) is 1.99. The molecule has 5 nitrogen and oxygen atoms in total. The van der Waals surface area contributed by atoms with Crippen molar-refractivity contribution in [3.8, 4) is 0 Å². The number of hydrogen-bond acceptors (Lipinski definition) is 3. The molecule has 4 N–H and O–H groups in total. The van der Waals surface area contributed by atoms with Crippen molar-refractivity contribution in [2.24, 2.45) is 0 Å². The van der Waals surface area contributed by atoms with Gasteiger partial charge in [-0.3, -0.25) is 9.89 Å². The Morgan fingerprint density at radius 2 is 2.00 bits per heavy atom. The number of anilines is 2. The molecule has 0 spiro atoms. The van der Waals surface area contributed by atoms with E-state index in [2.05, 4.69) is 15.5 Å². The van der Waals surface area contributed by atoms with Gasteiger partial charge in [-0.2, -0.15) is 5.10 Å². The summed E-state index contributed by atoms with van der Waals surface area (Å²) >= 11 is 0. The maximum Gasteiger partial charge on any atom is 0.235 e. The van der Waals surface area contributed by atoms with Crippen LogP contribution in [-0.4, -0.2) is 16.1 Å². The number of amides is 1. The first kappa shape index (κ1) is 14.1. The first-order valence-electron chi connectivity index (χ1n) is 6.65. The molecule has 20 heavy (non-hydrogen) atoms. The van der Waals surface area contributed by atoms with Crippen LogP contribution in [0.25, 0.3) is 0 Å². The largest absolute Gasteiger partial charge is 0.399 e. The quantitative estimate of drug-likeness (QED) is 0.747. The van der Waals surface area contributed by atoms with E-state index in [-0.39, 0.29) is 5.91 Å². The van der Waals surface area contributed by atoms with Crippen LogP contribution in [0.2, 0.25) is 0 Å². The van der Waals surface area contributed by atoms with Gasteiger partial charge in [-0.25, -0.2) is 0 Å². The van der Waals surface area contributed by atoms with Crippen LogP contribution < -0.4 is 11.1 Å². The fourth-order valence-electron chi connectivity index (χ4n) is 1.99. The molecule has 0 aliphatic heterocycles. The Hall–Kier alpha value is -2.30. The van der Waals surface area contributed by atoms with Gasteiger partial charge in [0.15, 0.2) is 0 Å². The maximum atomic E-state index is 12.5. The van der Waals surface area contributed by atoms with E-state index in [1.807, 2.05) is 32.9 Å². The molecule has 0 bridgehead atoms. The van der Waals surface area contributed by atoms with Gasteiger partial charge in [-0.15, -0.1) is 0 Å². The number of nitrogens with zero attached hydrogens (tertiary/aromatic N) is 1. The lowest BCUT2D eigenvalue weighted by Gasteiger charge is -2.24. The van der Waals surface area contributed by atoms with E-state index in [4.69, 9.17) is 5.73 Å². The summed E-state index contributed by atoms with van der Waals surface area (Å²) < 4.78 is 0. The van der Waals surface area contributed by atoms with E-state index in [1.165, 1.54) is 0 Å². The SMILES string of the molecule is CCc1cn[nH]c1NC(=O)C(C)(C)c1ccc(N)cc1. The smallest absolute Gasteiger partial charge is 0.235 e. The Morgan fingerprint density at radius 3 is 2.60 bits per heavy atom. The number of hydrogen-bond donors (Lipinski definition) is 3. The number of carbonyl (C=O) groups excluding carboxylic acids is 1. The fraction of sp³-hybridized carbons (Fsp3) is 0.333. The zero-order chi connectivity index (χ0) is 14.8. The van der Waals surface area contributed by atoms with Crippen molar-refractivity contribution in [1.82, 2.24) is 10.2 Å². The normalized spacial score (nSPS) is 11.3. The second-order valence-corrected chi connectivity index (χ2v) is 5.32. The van der Waals surface area contributed by atoms with E-state index in [1.54, 1.807) is 18.3 Å². The molecule has 1 heterocycles. The van der Waals surface area contributed by atoms with Crippen LogP contribution in [0.15, 0.2) is 30.5 Å². The van der Waals surface area contributed by atoms with Gasteiger partial charge in [0, 0.05) is 11.3 Å². The molecule has 0 unspecified atom stereocenters. The Labute approximate surface area is 118 Å².